The second-order valence-corrected chi connectivity index (χ2v) is 4.69. The Labute approximate surface area is 105 Å². The average molecular weight is 292 g/mol. The molecule has 1 unspecified atom stereocenters. The van der Waals surface area contributed by atoms with Crippen LogP contribution in [0.4, 0.5) is 0 Å². The summed E-state index contributed by atoms with van der Waals surface area (Å²) in [5.74, 6) is 0. The van der Waals surface area contributed by atoms with Crippen LogP contribution in [-0.2, 0) is 4.74 Å². The zero-order valence-electron chi connectivity index (χ0n) is 8.88. The Morgan fingerprint density at radius 2 is 1.93 bits per heavy atom. The summed E-state index contributed by atoms with van der Waals surface area (Å²) in [5.41, 5.74) is 1.18. The Balaban J connectivity index is 2.33. The van der Waals surface area contributed by atoms with E-state index in [-0.39, 0.29) is 6.10 Å². The van der Waals surface area contributed by atoms with Gasteiger partial charge in [0, 0.05) is 17.0 Å². The molecule has 1 rings (SSSR count). The number of hydrogen-bond donors (Lipinski definition) is 0. The van der Waals surface area contributed by atoms with Gasteiger partial charge in [-0.2, -0.15) is 0 Å². The van der Waals surface area contributed by atoms with Gasteiger partial charge < -0.3 is 4.74 Å². The molecule has 0 heterocycles. The van der Waals surface area contributed by atoms with Crippen LogP contribution in [0.5, 0.6) is 0 Å². The highest BCUT2D eigenvalue weighted by molar-refractivity contribution is 9.09. The van der Waals surface area contributed by atoms with Gasteiger partial charge in [-0.15, -0.1) is 0 Å². The summed E-state index contributed by atoms with van der Waals surface area (Å²) in [6.07, 6.45) is 2.41. The van der Waals surface area contributed by atoms with Crippen LogP contribution in [0, 0.1) is 0 Å². The first-order valence-electron chi connectivity index (χ1n) is 5.17. The van der Waals surface area contributed by atoms with Crippen molar-refractivity contribution < 1.29 is 4.74 Å². The van der Waals surface area contributed by atoms with Gasteiger partial charge in [-0.3, -0.25) is 0 Å². The first-order chi connectivity index (χ1) is 7.24. The van der Waals surface area contributed by atoms with E-state index in [2.05, 4.69) is 22.9 Å². The van der Waals surface area contributed by atoms with Gasteiger partial charge in [-0.05, 0) is 37.5 Å². The van der Waals surface area contributed by atoms with E-state index in [0.717, 1.165) is 29.8 Å². The standard InChI is InChI=1S/C12H16BrClO/c1-10(15-9-3-2-8-13)11-4-6-12(14)7-5-11/h4-7,10H,2-3,8-9H2,1H3. The van der Waals surface area contributed by atoms with Gasteiger partial charge in [0.05, 0.1) is 6.10 Å². The Hall–Kier alpha value is -0.0500. The van der Waals surface area contributed by atoms with Crippen molar-refractivity contribution in [1.29, 1.82) is 0 Å². The predicted octanol–water partition coefficient (Wildman–Crippen LogP) is 4.59. The van der Waals surface area contributed by atoms with Crippen molar-refractivity contribution in [2.75, 3.05) is 11.9 Å². The Morgan fingerprint density at radius 3 is 2.53 bits per heavy atom. The van der Waals surface area contributed by atoms with Crippen LogP contribution in [0.25, 0.3) is 0 Å². The lowest BCUT2D eigenvalue weighted by atomic mass is 10.1. The number of hydrogen-bond acceptors (Lipinski definition) is 1. The van der Waals surface area contributed by atoms with E-state index < -0.39 is 0 Å². The quantitative estimate of drug-likeness (QED) is 0.550. The summed E-state index contributed by atoms with van der Waals surface area (Å²) in [5, 5.41) is 1.82. The summed E-state index contributed by atoms with van der Waals surface area (Å²) >= 11 is 9.22. The summed E-state index contributed by atoms with van der Waals surface area (Å²) < 4.78 is 5.71. The summed E-state index contributed by atoms with van der Waals surface area (Å²) in [6.45, 7) is 2.88. The van der Waals surface area contributed by atoms with E-state index in [1.165, 1.54) is 5.56 Å². The van der Waals surface area contributed by atoms with Crippen LogP contribution in [0.2, 0.25) is 5.02 Å². The lowest BCUT2D eigenvalue weighted by molar-refractivity contribution is 0.0638. The third-order valence-electron chi connectivity index (χ3n) is 2.24. The fourth-order valence-corrected chi connectivity index (χ4v) is 1.81. The Morgan fingerprint density at radius 1 is 1.27 bits per heavy atom. The minimum atomic E-state index is 0.151. The normalized spacial score (nSPS) is 12.7. The third-order valence-corrected chi connectivity index (χ3v) is 3.05. The molecule has 0 aliphatic carbocycles. The number of unbranched alkanes of at least 4 members (excludes halogenated alkanes) is 1. The van der Waals surface area contributed by atoms with E-state index in [9.17, 15) is 0 Å². The summed E-state index contributed by atoms with van der Waals surface area (Å²) in [7, 11) is 0. The average Bonchev–Trinajstić information content (AvgIpc) is 2.25. The first kappa shape index (κ1) is 13.0. The van der Waals surface area contributed by atoms with Crippen LogP contribution in [0.15, 0.2) is 24.3 Å². The molecule has 0 aromatic heterocycles. The smallest absolute Gasteiger partial charge is 0.0796 e. The van der Waals surface area contributed by atoms with E-state index in [4.69, 9.17) is 16.3 Å². The van der Waals surface area contributed by atoms with Crippen LogP contribution in [-0.4, -0.2) is 11.9 Å². The zero-order valence-corrected chi connectivity index (χ0v) is 11.2. The Bertz CT molecular complexity index is 273. The summed E-state index contributed by atoms with van der Waals surface area (Å²) in [4.78, 5) is 0. The van der Waals surface area contributed by atoms with E-state index >= 15 is 0 Å². The summed E-state index contributed by atoms with van der Waals surface area (Å²) in [6, 6.07) is 7.82. The third kappa shape index (κ3) is 5.01. The maximum Gasteiger partial charge on any atom is 0.0796 e. The van der Waals surface area contributed by atoms with Gasteiger partial charge in [0.2, 0.25) is 0 Å². The molecule has 3 heteroatoms. The molecule has 1 aromatic carbocycles. The molecule has 1 aromatic rings. The van der Waals surface area contributed by atoms with Gasteiger partial charge in [-0.25, -0.2) is 0 Å². The molecular formula is C12H16BrClO. The molecule has 1 atom stereocenters. The van der Waals surface area contributed by atoms with Crippen molar-refractivity contribution in [2.45, 2.75) is 25.9 Å². The molecule has 0 aliphatic heterocycles. The van der Waals surface area contributed by atoms with Gasteiger partial charge >= 0.3 is 0 Å². The lowest BCUT2D eigenvalue weighted by Crippen LogP contribution is -2.01. The first-order valence-corrected chi connectivity index (χ1v) is 6.67. The molecule has 0 amide bonds. The van der Waals surface area contributed by atoms with E-state index in [0.29, 0.717) is 0 Å². The minimum Gasteiger partial charge on any atom is -0.374 e. The highest BCUT2D eigenvalue weighted by Crippen LogP contribution is 2.19. The number of alkyl halides is 1. The van der Waals surface area contributed by atoms with Crippen molar-refractivity contribution >= 4 is 27.5 Å². The second kappa shape index (κ2) is 7.26. The molecule has 0 bridgehead atoms. The molecule has 0 spiro atoms. The largest absolute Gasteiger partial charge is 0.374 e. The number of halogens is 2. The zero-order chi connectivity index (χ0) is 11.1. The van der Waals surface area contributed by atoms with Gasteiger partial charge in [0.25, 0.3) is 0 Å². The molecule has 0 saturated heterocycles. The van der Waals surface area contributed by atoms with Crippen molar-refractivity contribution in [3.63, 3.8) is 0 Å². The molecule has 0 saturated carbocycles. The topological polar surface area (TPSA) is 9.23 Å². The minimum absolute atomic E-state index is 0.151. The molecule has 0 aliphatic rings. The van der Waals surface area contributed by atoms with Crippen molar-refractivity contribution in [2.24, 2.45) is 0 Å². The number of ether oxygens (including phenoxy) is 1. The molecule has 1 nitrogen and oxygen atoms in total. The van der Waals surface area contributed by atoms with Crippen LogP contribution >= 0.6 is 27.5 Å². The highest BCUT2D eigenvalue weighted by Gasteiger charge is 2.04. The molecule has 0 N–H and O–H groups in total. The van der Waals surface area contributed by atoms with Gasteiger partial charge in [-0.1, -0.05) is 39.7 Å². The fourth-order valence-electron chi connectivity index (χ4n) is 1.29. The molecule has 0 radical (unpaired) electrons. The van der Waals surface area contributed by atoms with Gasteiger partial charge in [0.1, 0.15) is 0 Å². The number of rotatable bonds is 6. The van der Waals surface area contributed by atoms with Crippen molar-refractivity contribution in [3.8, 4) is 0 Å². The predicted molar refractivity (Wildman–Crippen MR) is 68.8 cm³/mol. The molecule has 15 heavy (non-hydrogen) atoms. The second-order valence-electron chi connectivity index (χ2n) is 3.46. The van der Waals surface area contributed by atoms with E-state index in [1.807, 2.05) is 24.3 Å². The molecule has 84 valence electrons. The van der Waals surface area contributed by atoms with Gasteiger partial charge in [0.15, 0.2) is 0 Å². The maximum atomic E-state index is 5.82. The van der Waals surface area contributed by atoms with E-state index in [1.54, 1.807) is 0 Å². The van der Waals surface area contributed by atoms with Crippen molar-refractivity contribution in [3.05, 3.63) is 34.9 Å². The fraction of sp³-hybridized carbons (Fsp3) is 0.500. The van der Waals surface area contributed by atoms with Crippen LogP contribution < -0.4 is 0 Å². The van der Waals surface area contributed by atoms with Crippen LogP contribution in [0.3, 0.4) is 0 Å². The monoisotopic (exact) mass is 290 g/mol. The maximum absolute atomic E-state index is 5.82. The molecular weight excluding hydrogens is 275 g/mol. The Kier molecular flexibility index (Phi) is 6.30. The highest BCUT2D eigenvalue weighted by atomic mass is 79.9. The van der Waals surface area contributed by atoms with Crippen molar-refractivity contribution in [1.82, 2.24) is 0 Å². The lowest BCUT2D eigenvalue weighted by Gasteiger charge is -2.13. The van der Waals surface area contributed by atoms with Crippen LogP contribution in [0.1, 0.15) is 31.4 Å². The number of benzene rings is 1. The molecule has 0 fully saturated rings. The SMILES string of the molecule is CC(OCCCCBr)c1ccc(Cl)cc1.